The summed E-state index contributed by atoms with van der Waals surface area (Å²) in [4.78, 5) is 8.52. The molecule has 72 valence electrons. The number of pyridine rings is 1. The molecule has 0 aliphatic rings. The highest BCUT2D eigenvalue weighted by atomic mass is 32.1. The number of ether oxygens (including phenoxy) is 1. The molecule has 2 aromatic heterocycles. The Labute approximate surface area is 86.4 Å². The van der Waals surface area contributed by atoms with Crippen molar-refractivity contribution in [2.75, 3.05) is 7.11 Å². The summed E-state index contributed by atoms with van der Waals surface area (Å²) in [7, 11) is 1.62. The molecule has 0 bridgehead atoms. The summed E-state index contributed by atoms with van der Waals surface area (Å²) in [5.74, 6) is 0.627. The SMILES string of the molecule is COc1ncccc1-c1nc(C)cs1. The monoisotopic (exact) mass is 206 g/mol. The van der Waals surface area contributed by atoms with E-state index in [4.69, 9.17) is 4.74 Å². The van der Waals surface area contributed by atoms with E-state index < -0.39 is 0 Å². The molecule has 4 heteroatoms. The van der Waals surface area contributed by atoms with E-state index in [1.54, 1.807) is 24.6 Å². The summed E-state index contributed by atoms with van der Waals surface area (Å²) in [6, 6.07) is 3.85. The minimum atomic E-state index is 0.627. The van der Waals surface area contributed by atoms with Gasteiger partial charge in [-0.15, -0.1) is 11.3 Å². The summed E-state index contributed by atoms with van der Waals surface area (Å²) < 4.78 is 5.16. The van der Waals surface area contributed by atoms with Crippen LogP contribution in [0.1, 0.15) is 5.69 Å². The zero-order valence-corrected chi connectivity index (χ0v) is 8.84. The van der Waals surface area contributed by atoms with E-state index in [0.717, 1.165) is 16.3 Å². The molecule has 0 aliphatic carbocycles. The van der Waals surface area contributed by atoms with Gasteiger partial charge in [0.05, 0.1) is 12.7 Å². The second kappa shape index (κ2) is 3.75. The van der Waals surface area contributed by atoms with E-state index in [1.807, 2.05) is 24.4 Å². The first-order chi connectivity index (χ1) is 6.81. The van der Waals surface area contributed by atoms with Crippen LogP contribution in [-0.4, -0.2) is 17.1 Å². The fraction of sp³-hybridized carbons (Fsp3) is 0.200. The second-order valence-corrected chi connectivity index (χ2v) is 3.71. The Morgan fingerprint density at radius 3 is 2.93 bits per heavy atom. The molecule has 0 aliphatic heterocycles. The van der Waals surface area contributed by atoms with Gasteiger partial charge in [-0.25, -0.2) is 9.97 Å². The quantitative estimate of drug-likeness (QED) is 0.757. The summed E-state index contributed by atoms with van der Waals surface area (Å²) in [5, 5.41) is 2.97. The molecule has 0 saturated heterocycles. The summed E-state index contributed by atoms with van der Waals surface area (Å²) in [6.07, 6.45) is 1.71. The van der Waals surface area contributed by atoms with Gasteiger partial charge < -0.3 is 4.74 Å². The highest BCUT2D eigenvalue weighted by Crippen LogP contribution is 2.29. The van der Waals surface area contributed by atoms with Crippen LogP contribution in [0, 0.1) is 6.92 Å². The number of thiazole rings is 1. The molecule has 2 aromatic rings. The third-order valence-corrected chi connectivity index (χ3v) is 2.81. The van der Waals surface area contributed by atoms with Crippen LogP contribution in [0.4, 0.5) is 0 Å². The van der Waals surface area contributed by atoms with E-state index in [0.29, 0.717) is 5.88 Å². The molecule has 0 radical (unpaired) electrons. The van der Waals surface area contributed by atoms with Gasteiger partial charge in [-0.2, -0.15) is 0 Å². The third-order valence-electron chi connectivity index (χ3n) is 1.81. The highest BCUT2D eigenvalue weighted by molar-refractivity contribution is 7.13. The summed E-state index contributed by atoms with van der Waals surface area (Å²) in [6.45, 7) is 1.98. The molecule has 0 N–H and O–H groups in total. The maximum Gasteiger partial charge on any atom is 0.223 e. The van der Waals surface area contributed by atoms with Gasteiger partial charge in [0.15, 0.2) is 0 Å². The first-order valence-electron chi connectivity index (χ1n) is 4.23. The van der Waals surface area contributed by atoms with E-state index in [9.17, 15) is 0 Å². The zero-order chi connectivity index (χ0) is 9.97. The largest absolute Gasteiger partial charge is 0.480 e. The van der Waals surface area contributed by atoms with Crippen molar-refractivity contribution in [1.29, 1.82) is 0 Å². The van der Waals surface area contributed by atoms with E-state index in [1.165, 1.54) is 0 Å². The Morgan fingerprint density at radius 1 is 1.43 bits per heavy atom. The van der Waals surface area contributed by atoms with Crippen molar-refractivity contribution in [1.82, 2.24) is 9.97 Å². The third kappa shape index (κ3) is 1.61. The van der Waals surface area contributed by atoms with Crippen molar-refractivity contribution in [2.24, 2.45) is 0 Å². The zero-order valence-electron chi connectivity index (χ0n) is 8.02. The van der Waals surface area contributed by atoms with Gasteiger partial charge in [0.25, 0.3) is 0 Å². The maximum atomic E-state index is 5.16. The first kappa shape index (κ1) is 9.15. The lowest BCUT2D eigenvalue weighted by Crippen LogP contribution is -1.90. The molecule has 0 spiro atoms. The summed E-state index contributed by atoms with van der Waals surface area (Å²) in [5.41, 5.74) is 1.98. The highest BCUT2D eigenvalue weighted by Gasteiger charge is 2.08. The average Bonchev–Trinajstić information content (AvgIpc) is 2.65. The van der Waals surface area contributed by atoms with Crippen LogP contribution in [0.2, 0.25) is 0 Å². The molecule has 0 atom stereocenters. The van der Waals surface area contributed by atoms with Crippen LogP contribution in [0.5, 0.6) is 5.88 Å². The molecule has 14 heavy (non-hydrogen) atoms. The Hall–Kier alpha value is -1.42. The molecule has 3 nitrogen and oxygen atoms in total. The van der Waals surface area contributed by atoms with Gasteiger partial charge in [-0.3, -0.25) is 0 Å². The van der Waals surface area contributed by atoms with Crippen LogP contribution >= 0.6 is 11.3 Å². The lowest BCUT2D eigenvalue weighted by Gasteiger charge is -2.02. The molecule has 0 fully saturated rings. The Morgan fingerprint density at radius 2 is 2.29 bits per heavy atom. The number of hydrogen-bond acceptors (Lipinski definition) is 4. The molecular weight excluding hydrogens is 196 g/mol. The fourth-order valence-electron chi connectivity index (χ4n) is 1.19. The van der Waals surface area contributed by atoms with Gasteiger partial charge >= 0.3 is 0 Å². The van der Waals surface area contributed by atoms with Gasteiger partial charge in [-0.1, -0.05) is 0 Å². The predicted molar refractivity (Wildman–Crippen MR) is 56.6 cm³/mol. The molecule has 0 saturated carbocycles. The lowest BCUT2D eigenvalue weighted by atomic mass is 10.3. The fourth-order valence-corrected chi connectivity index (χ4v) is 2.01. The molecule has 0 aromatic carbocycles. The predicted octanol–water partition coefficient (Wildman–Crippen LogP) is 2.52. The van der Waals surface area contributed by atoms with Crippen molar-refractivity contribution < 1.29 is 4.74 Å². The van der Waals surface area contributed by atoms with Gasteiger partial charge in [-0.05, 0) is 19.1 Å². The number of rotatable bonds is 2. The Bertz CT molecular complexity index is 439. The first-order valence-corrected chi connectivity index (χ1v) is 5.10. The molecular formula is C10H10N2OS. The van der Waals surface area contributed by atoms with Gasteiger partial charge in [0.1, 0.15) is 5.01 Å². The lowest BCUT2D eigenvalue weighted by molar-refractivity contribution is 0.399. The van der Waals surface area contributed by atoms with Crippen LogP contribution in [-0.2, 0) is 0 Å². The minimum Gasteiger partial charge on any atom is -0.480 e. The molecule has 0 amide bonds. The van der Waals surface area contributed by atoms with E-state index in [-0.39, 0.29) is 0 Å². The average molecular weight is 206 g/mol. The Balaban J connectivity index is 2.50. The van der Waals surface area contributed by atoms with E-state index in [2.05, 4.69) is 9.97 Å². The van der Waals surface area contributed by atoms with Crippen LogP contribution in [0.15, 0.2) is 23.7 Å². The van der Waals surface area contributed by atoms with Crippen LogP contribution in [0.3, 0.4) is 0 Å². The van der Waals surface area contributed by atoms with Crippen LogP contribution in [0.25, 0.3) is 10.6 Å². The smallest absolute Gasteiger partial charge is 0.223 e. The van der Waals surface area contributed by atoms with Crippen molar-refractivity contribution in [2.45, 2.75) is 6.92 Å². The molecule has 2 rings (SSSR count). The molecule has 2 heterocycles. The second-order valence-electron chi connectivity index (χ2n) is 2.85. The van der Waals surface area contributed by atoms with Crippen molar-refractivity contribution in [3.8, 4) is 16.5 Å². The normalized spacial score (nSPS) is 10.1. The number of hydrogen-bond donors (Lipinski definition) is 0. The number of aromatic nitrogens is 2. The number of aryl methyl sites for hydroxylation is 1. The van der Waals surface area contributed by atoms with Crippen molar-refractivity contribution in [3.63, 3.8) is 0 Å². The topological polar surface area (TPSA) is 35.0 Å². The number of nitrogens with zero attached hydrogens (tertiary/aromatic N) is 2. The summed E-state index contributed by atoms with van der Waals surface area (Å²) >= 11 is 1.60. The minimum absolute atomic E-state index is 0.627. The van der Waals surface area contributed by atoms with Crippen molar-refractivity contribution in [3.05, 3.63) is 29.4 Å². The van der Waals surface area contributed by atoms with Gasteiger partial charge in [0.2, 0.25) is 5.88 Å². The maximum absolute atomic E-state index is 5.16. The van der Waals surface area contributed by atoms with Crippen molar-refractivity contribution >= 4 is 11.3 Å². The number of methoxy groups -OCH3 is 1. The Kier molecular flexibility index (Phi) is 2.45. The van der Waals surface area contributed by atoms with Crippen LogP contribution < -0.4 is 4.74 Å². The van der Waals surface area contributed by atoms with Gasteiger partial charge in [0, 0.05) is 17.3 Å². The molecule has 0 unspecified atom stereocenters. The standard InChI is InChI=1S/C10H10N2OS/c1-7-6-14-10(12-7)8-4-3-5-11-9(8)13-2/h3-6H,1-2H3. The van der Waals surface area contributed by atoms with E-state index >= 15 is 0 Å².